The summed E-state index contributed by atoms with van der Waals surface area (Å²) >= 11 is 1.76. The van der Waals surface area contributed by atoms with Crippen LogP contribution in [0.5, 0.6) is 0 Å². The molecule has 0 unspecified atom stereocenters. The Kier molecular flexibility index (Phi) is 3.53. The molecule has 0 fully saturated rings. The predicted molar refractivity (Wildman–Crippen MR) is 73.6 cm³/mol. The number of benzene rings is 1. The maximum Gasteiger partial charge on any atom is 0.171 e. The van der Waals surface area contributed by atoms with Crippen molar-refractivity contribution in [2.75, 3.05) is 5.75 Å². The molecule has 1 heterocycles. The van der Waals surface area contributed by atoms with E-state index in [1.54, 1.807) is 11.8 Å². The van der Waals surface area contributed by atoms with Crippen LogP contribution in [0, 0.1) is 5.41 Å². The number of rotatable bonds is 4. The Balaban J connectivity index is 2.43. The average Bonchev–Trinajstić information content (AvgIpc) is 2.35. The summed E-state index contributed by atoms with van der Waals surface area (Å²) in [5, 5.41) is 0. The molecule has 1 aromatic rings. The van der Waals surface area contributed by atoms with E-state index in [0.29, 0.717) is 0 Å². The standard InChI is InChI=1S/C15H16OS/c1-3-9-15(10-4-2)11-17-13-8-6-5-7-12(13)14(15)16/h3-8H,1-2,9-11H2. The van der Waals surface area contributed by atoms with E-state index < -0.39 is 0 Å². The minimum absolute atomic E-state index is 0.242. The number of hydrogen-bond donors (Lipinski definition) is 0. The van der Waals surface area contributed by atoms with Gasteiger partial charge in [-0.1, -0.05) is 30.4 Å². The van der Waals surface area contributed by atoms with Gasteiger partial charge in [0.05, 0.1) is 0 Å². The fraction of sp³-hybridized carbons (Fsp3) is 0.267. The van der Waals surface area contributed by atoms with E-state index in [4.69, 9.17) is 0 Å². The van der Waals surface area contributed by atoms with Crippen LogP contribution in [0.15, 0.2) is 54.5 Å². The van der Waals surface area contributed by atoms with Crippen molar-refractivity contribution in [2.45, 2.75) is 17.7 Å². The number of hydrogen-bond acceptors (Lipinski definition) is 2. The number of allylic oxidation sites excluding steroid dienone is 2. The first kappa shape index (κ1) is 12.2. The molecule has 0 bridgehead atoms. The average molecular weight is 244 g/mol. The Hall–Kier alpha value is -1.28. The zero-order chi connectivity index (χ0) is 12.3. The fourth-order valence-electron chi connectivity index (χ4n) is 2.29. The Morgan fingerprint density at radius 1 is 1.24 bits per heavy atom. The summed E-state index contributed by atoms with van der Waals surface area (Å²) < 4.78 is 0. The number of ketones is 1. The van der Waals surface area contributed by atoms with Crippen LogP contribution in [-0.2, 0) is 0 Å². The summed E-state index contributed by atoms with van der Waals surface area (Å²) in [6, 6.07) is 7.84. The van der Waals surface area contributed by atoms with Gasteiger partial charge in [-0.2, -0.15) is 0 Å². The first-order chi connectivity index (χ1) is 8.23. The van der Waals surface area contributed by atoms with Crippen molar-refractivity contribution in [2.24, 2.45) is 5.41 Å². The first-order valence-electron chi connectivity index (χ1n) is 5.72. The van der Waals surface area contributed by atoms with Crippen LogP contribution in [0.25, 0.3) is 0 Å². The largest absolute Gasteiger partial charge is 0.293 e. The van der Waals surface area contributed by atoms with Crippen LogP contribution in [0.2, 0.25) is 0 Å². The molecule has 1 nitrogen and oxygen atoms in total. The molecule has 2 heteroatoms. The highest BCUT2D eigenvalue weighted by Gasteiger charge is 2.40. The van der Waals surface area contributed by atoms with Gasteiger partial charge < -0.3 is 0 Å². The normalized spacial score (nSPS) is 17.3. The second kappa shape index (κ2) is 4.92. The van der Waals surface area contributed by atoms with Crippen molar-refractivity contribution < 1.29 is 4.79 Å². The van der Waals surface area contributed by atoms with Crippen molar-refractivity contribution >= 4 is 17.5 Å². The highest BCUT2D eigenvalue weighted by Crippen LogP contribution is 2.44. The summed E-state index contributed by atoms with van der Waals surface area (Å²) in [6.45, 7) is 7.55. The third-order valence-electron chi connectivity index (χ3n) is 3.19. The second-order valence-electron chi connectivity index (χ2n) is 4.38. The molecule has 1 aromatic carbocycles. The molecular weight excluding hydrogens is 228 g/mol. The Bertz CT molecular complexity index is 452. The van der Waals surface area contributed by atoms with Gasteiger partial charge in [0.2, 0.25) is 0 Å². The third-order valence-corrected chi connectivity index (χ3v) is 4.55. The van der Waals surface area contributed by atoms with Gasteiger partial charge in [-0.25, -0.2) is 0 Å². The summed E-state index contributed by atoms with van der Waals surface area (Å²) in [7, 11) is 0. The molecule has 88 valence electrons. The minimum Gasteiger partial charge on any atom is -0.293 e. The van der Waals surface area contributed by atoms with Crippen molar-refractivity contribution in [1.29, 1.82) is 0 Å². The van der Waals surface area contributed by atoms with E-state index in [1.165, 1.54) is 0 Å². The second-order valence-corrected chi connectivity index (χ2v) is 5.40. The molecule has 0 aliphatic carbocycles. The number of carbonyl (C=O) groups is 1. The zero-order valence-electron chi connectivity index (χ0n) is 9.82. The third kappa shape index (κ3) is 2.09. The van der Waals surface area contributed by atoms with Crippen LogP contribution in [0.3, 0.4) is 0 Å². The highest BCUT2D eigenvalue weighted by atomic mass is 32.2. The molecule has 1 aliphatic rings. The maximum absolute atomic E-state index is 12.6. The Labute approximate surface area is 107 Å². The van der Waals surface area contributed by atoms with Crippen molar-refractivity contribution in [3.05, 3.63) is 55.1 Å². The molecule has 0 saturated heterocycles. The van der Waals surface area contributed by atoms with Gasteiger partial charge >= 0.3 is 0 Å². The van der Waals surface area contributed by atoms with Crippen molar-refractivity contribution in [1.82, 2.24) is 0 Å². The molecule has 0 amide bonds. The Morgan fingerprint density at radius 3 is 2.53 bits per heavy atom. The lowest BCUT2D eigenvalue weighted by Gasteiger charge is -2.34. The molecule has 1 aliphatic heterocycles. The number of thioether (sulfide) groups is 1. The molecule has 0 radical (unpaired) electrons. The molecule has 2 rings (SSSR count). The molecule has 0 aromatic heterocycles. The lowest BCUT2D eigenvalue weighted by molar-refractivity contribution is 0.0820. The van der Waals surface area contributed by atoms with Gasteiger partial charge in [0, 0.05) is 21.6 Å². The van der Waals surface area contributed by atoms with Gasteiger partial charge in [0.25, 0.3) is 0 Å². The van der Waals surface area contributed by atoms with Crippen LogP contribution < -0.4 is 0 Å². The van der Waals surface area contributed by atoms with E-state index in [0.717, 1.165) is 29.1 Å². The number of fused-ring (bicyclic) bond motifs is 1. The van der Waals surface area contributed by atoms with E-state index in [1.807, 2.05) is 36.4 Å². The van der Waals surface area contributed by atoms with Gasteiger partial charge in [0.15, 0.2) is 5.78 Å². The van der Waals surface area contributed by atoms with E-state index in [-0.39, 0.29) is 11.2 Å². The summed E-state index contributed by atoms with van der Waals surface area (Å²) in [6.07, 6.45) is 5.13. The minimum atomic E-state index is -0.331. The molecule has 0 atom stereocenters. The molecule has 0 N–H and O–H groups in total. The smallest absolute Gasteiger partial charge is 0.171 e. The quantitative estimate of drug-likeness (QED) is 0.741. The van der Waals surface area contributed by atoms with Gasteiger partial charge in [0.1, 0.15) is 0 Å². The lowest BCUT2D eigenvalue weighted by Crippen LogP contribution is -2.36. The highest BCUT2D eigenvalue weighted by molar-refractivity contribution is 7.99. The van der Waals surface area contributed by atoms with Crippen LogP contribution in [0.4, 0.5) is 0 Å². The number of carbonyl (C=O) groups excluding carboxylic acids is 1. The molecular formula is C15H16OS. The van der Waals surface area contributed by atoms with E-state index in [2.05, 4.69) is 13.2 Å². The Morgan fingerprint density at radius 2 is 1.88 bits per heavy atom. The van der Waals surface area contributed by atoms with Crippen LogP contribution in [-0.4, -0.2) is 11.5 Å². The summed E-state index contributed by atoms with van der Waals surface area (Å²) in [5.41, 5.74) is 0.523. The van der Waals surface area contributed by atoms with E-state index >= 15 is 0 Å². The number of Topliss-reactive ketones (excluding diaryl/α,β-unsaturated/α-hetero) is 1. The molecule has 17 heavy (non-hydrogen) atoms. The fourth-order valence-corrected chi connectivity index (χ4v) is 3.58. The van der Waals surface area contributed by atoms with Crippen molar-refractivity contribution in [3.8, 4) is 0 Å². The SMILES string of the molecule is C=CCC1(CC=C)CSc2ccccc2C1=O. The predicted octanol–water partition coefficient (Wildman–Crippen LogP) is 4.11. The maximum atomic E-state index is 12.6. The zero-order valence-corrected chi connectivity index (χ0v) is 10.6. The molecule has 0 saturated carbocycles. The van der Waals surface area contributed by atoms with E-state index in [9.17, 15) is 4.79 Å². The van der Waals surface area contributed by atoms with Crippen molar-refractivity contribution in [3.63, 3.8) is 0 Å². The van der Waals surface area contributed by atoms with Gasteiger partial charge in [-0.05, 0) is 18.9 Å². The summed E-state index contributed by atoms with van der Waals surface area (Å²) in [5.74, 6) is 1.06. The summed E-state index contributed by atoms with van der Waals surface area (Å²) in [4.78, 5) is 13.7. The van der Waals surface area contributed by atoms with Gasteiger partial charge in [-0.3, -0.25) is 4.79 Å². The lowest BCUT2D eigenvalue weighted by atomic mass is 9.76. The monoisotopic (exact) mass is 244 g/mol. The molecule has 0 spiro atoms. The van der Waals surface area contributed by atoms with Crippen LogP contribution in [0.1, 0.15) is 23.2 Å². The topological polar surface area (TPSA) is 17.1 Å². The van der Waals surface area contributed by atoms with Gasteiger partial charge in [-0.15, -0.1) is 24.9 Å². The van der Waals surface area contributed by atoms with Crippen LogP contribution >= 0.6 is 11.8 Å². The first-order valence-corrected chi connectivity index (χ1v) is 6.70.